The van der Waals surface area contributed by atoms with Crippen molar-refractivity contribution in [1.82, 2.24) is 9.97 Å². The standard InChI is InChI=1S/C27H42N2O/c1-4-6-8-9-10-11-15-24-16-18-25(19-17-24)27-28-21-26(22-29-27)30-20-12-14-23(3)13-7-5-2/h16-19,21-23H,4-15,20H2,1-3H3. The van der Waals surface area contributed by atoms with Crippen LogP contribution in [0.3, 0.4) is 0 Å². The van der Waals surface area contributed by atoms with E-state index in [1.165, 1.54) is 69.8 Å². The van der Waals surface area contributed by atoms with Gasteiger partial charge in [-0.1, -0.05) is 96.4 Å². The van der Waals surface area contributed by atoms with E-state index < -0.39 is 0 Å². The average molecular weight is 411 g/mol. The molecule has 0 fully saturated rings. The molecule has 1 aromatic heterocycles. The Morgan fingerprint density at radius 1 is 0.767 bits per heavy atom. The lowest BCUT2D eigenvalue weighted by molar-refractivity contribution is 0.289. The largest absolute Gasteiger partial charge is 0.490 e. The average Bonchev–Trinajstić information content (AvgIpc) is 2.78. The third-order valence-electron chi connectivity index (χ3n) is 5.82. The fourth-order valence-electron chi connectivity index (χ4n) is 3.79. The van der Waals surface area contributed by atoms with Gasteiger partial charge in [-0.25, -0.2) is 9.97 Å². The zero-order chi connectivity index (χ0) is 21.4. The summed E-state index contributed by atoms with van der Waals surface area (Å²) in [6.07, 6.45) is 19.1. The Balaban J connectivity index is 1.70. The number of aromatic nitrogens is 2. The molecule has 0 saturated heterocycles. The van der Waals surface area contributed by atoms with Crippen molar-refractivity contribution in [3.05, 3.63) is 42.2 Å². The normalized spacial score (nSPS) is 12.1. The molecule has 0 aliphatic heterocycles. The number of nitrogens with zero attached hydrogens (tertiary/aromatic N) is 2. The second kappa shape index (κ2) is 15.0. The zero-order valence-corrected chi connectivity index (χ0v) is 19.5. The van der Waals surface area contributed by atoms with Crippen molar-refractivity contribution in [2.75, 3.05) is 6.61 Å². The van der Waals surface area contributed by atoms with Crippen LogP contribution >= 0.6 is 0 Å². The van der Waals surface area contributed by atoms with E-state index in [2.05, 4.69) is 55.0 Å². The van der Waals surface area contributed by atoms with Crippen molar-refractivity contribution in [3.63, 3.8) is 0 Å². The van der Waals surface area contributed by atoms with Crippen LogP contribution < -0.4 is 4.74 Å². The van der Waals surface area contributed by atoms with E-state index in [9.17, 15) is 0 Å². The summed E-state index contributed by atoms with van der Waals surface area (Å²) in [6, 6.07) is 8.71. The summed E-state index contributed by atoms with van der Waals surface area (Å²) in [6.45, 7) is 7.60. The molecule has 1 heterocycles. The molecule has 2 rings (SSSR count). The molecule has 0 saturated carbocycles. The minimum absolute atomic E-state index is 0.742. The lowest BCUT2D eigenvalue weighted by atomic mass is 9.99. The molecule has 2 aromatic rings. The number of ether oxygens (including phenoxy) is 1. The van der Waals surface area contributed by atoms with E-state index >= 15 is 0 Å². The number of hydrogen-bond donors (Lipinski definition) is 0. The van der Waals surface area contributed by atoms with Crippen molar-refractivity contribution in [1.29, 1.82) is 0 Å². The minimum Gasteiger partial charge on any atom is -0.490 e. The van der Waals surface area contributed by atoms with E-state index in [0.717, 1.165) is 42.5 Å². The highest BCUT2D eigenvalue weighted by Crippen LogP contribution is 2.19. The molecule has 30 heavy (non-hydrogen) atoms. The molecule has 0 aliphatic carbocycles. The second-order valence-corrected chi connectivity index (χ2v) is 8.70. The molecule has 0 spiro atoms. The number of rotatable bonds is 16. The minimum atomic E-state index is 0.742. The predicted molar refractivity (Wildman–Crippen MR) is 128 cm³/mol. The Hall–Kier alpha value is -1.90. The molecular weight excluding hydrogens is 368 g/mol. The summed E-state index contributed by atoms with van der Waals surface area (Å²) >= 11 is 0. The van der Waals surface area contributed by atoms with Gasteiger partial charge in [0.15, 0.2) is 11.6 Å². The Kier molecular flexibility index (Phi) is 12.2. The van der Waals surface area contributed by atoms with Crippen molar-refractivity contribution in [2.45, 2.75) is 97.8 Å². The molecule has 1 atom stereocenters. The summed E-state index contributed by atoms with van der Waals surface area (Å²) in [5.74, 6) is 2.32. The van der Waals surface area contributed by atoms with Gasteiger partial charge in [0, 0.05) is 5.56 Å². The molecule has 0 amide bonds. The first-order valence-corrected chi connectivity index (χ1v) is 12.3. The number of benzene rings is 1. The monoisotopic (exact) mass is 410 g/mol. The highest BCUT2D eigenvalue weighted by atomic mass is 16.5. The molecule has 1 unspecified atom stereocenters. The Bertz CT molecular complexity index is 666. The van der Waals surface area contributed by atoms with Crippen LogP contribution in [0.5, 0.6) is 5.75 Å². The van der Waals surface area contributed by atoms with E-state index in [-0.39, 0.29) is 0 Å². The number of unbranched alkanes of at least 4 members (excludes halogenated alkanes) is 6. The summed E-state index contributed by atoms with van der Waals surface area (Å²) in [5, 5.41) is 0. The van der Waals surface area contributed by atoms with Gasteiger partial charge >= 0.3 is 0 Å². The summed E-state index contributed by atoms with van der Waals surface area (Å²) in [4.78, 5) is 9.00. The maximum atomic E-state index is 5.83. The molecule has 3 nitrogen and oxygen atoms in total. The predicted octanol–water partition coefficient (Wildman–Crippen LogP) is 8.03. The molecule has 3 heteroatoms. The van der Waals surface area contributed by atoms with E-state index in [4.69, 9.17) is 4.74 Å². The van der Waals surface area contributed by atoms with Crippen LogP contribution in [0.4, 0.5) is 0 Å². The Morgan fingerprint density at radius 2 is 1.40 bits per heavy atom. The van der Waals surface area contributed by atoms with Gasteiger partial charge in [-0.3, -0.25) is 0 Å². The van der Waals surface area contributed by atoms with Gasteiger partial charge in [0.25, 0.3) is 0 Å². The number of aryl methyl sites for hydroxylation is 1. The summed E-state index contributed by atoms with van der Waals surface area (Å²) in [7, 11) is 0. The van der Waals surface area contributed by atoms with Crippen LogP contribution in [-0.4, -0.2) is 16.6 Å². The molecule has 166 valence electrons. The second-order valence-electron chi connectivity index (χ2n) is 8.70. The van der Waals surface area contributed by atoms with Crippen LogP contribution in [0, 0.1) is 5.92 Å². The van der Waals surface area contributed by atoms with Crippen LogP contribution in [0.15, 0.2) is 36.7 Å². The van der Waals surface area contributed by atoms with Crippen molar-refractivity contribution in [3.8, 4) is 17.1 Å². The third kappa shape index (κ3) is 9.73. The van der Waals surface area contributed by atoms with Crippen molar-refractivity contribution < 1.29 is 4.74 Å². The van der Waals surface area contributed by atoms with Crippen LogP contribution in [0.1, 0.15) is 97.0 Å². The zero-order valence-electron chi connectivity index (χ0n) is 19.5. The Labute approximate surface area is 184 Å². The summed E-state index contributed by atoms with van der Waals surface area (Å²) < 4.78 is 5.83. The van der Waals surface area contributed by atoms with Gasteiger partial charge in [-0.15, -0.1) is 0 Å². The molecule has 0 aliphatic rings. The maximum absolute atomic E-state index is 5.83. The van der Waals surface area contributed by atoms with E-state index in [0.29, 0.717) is 0 Å². The first-order valence-electron chi connectivity index (χ1n) is 12.3. The van der Waals surface area contributed by atoms with Crippen molar-refractivity contribution >= 4 is 0 Å². The quantitative estimate of drug-likeness (QED) is 0.263. The lowest BCUT2D eigenvalue weighted by Gasteiger charge is -2.11. The fraction of sp³-hybridized carbons (Fsp3) is 0.630. The van der Waals surface area contributed by atoms with Gasteiger partial charge in [0.2, 0.25) is 0 Å². The number of hydrogen-bond acceptors (Lipinski definition) is 3. The smallest absolute Gasteiger partial charge is 0.159 e. The first-order chi connectivity index (χ1) is 14.7. The first kappa shape index (κ1) is 24.4. The molecule has 0 N–H and O–H groups in total. The van der Waals surface area contributed by atoms with Gasteiger partial charge < -0.3 is 4.74 Å². The summed E-state index contributed by atoms with van der Waals surface area (Å²) in [5.41, 5.74) is 2.47. The van der Waals surface area contributed by atoms with Crippen LogP contribution in [0.25, 0.3) is 11.4 Å². The fourth-order valence-corrected chi connectivity index (χ4v) is 3.79. The molecule has 0 bridgehead atoms. The van der Waals surface area contributed by atoms with E-state index in [1.807, 2.05) is 0 Å². The van der Waals surface area contributed by atoms with Gasteiger partial charge in [-0.2, -0.15) is 0 Å². The van der Waals surface area contributed by atoms with Gasteiger partial charge in [0.1, 0.15) is 0 Å². The van der Waals surface area contributed by atoms with Gasteiger partial charge in [0.05, 0.1) is 19.0 Å². The lowest BCUT2D eigenvalue weighted by Crippen LogP contribution is -2.02. The van der Waals surface area contributed by atoms with Crippen molar-refractivity contribution in [2.24, 2.45) is 5.92 Å². The highest BCUT2D eigenvalue weighted by molar-refractivity contribution is 5.55. The highest BCUT2D eigenvalue weighted by Gasteiger charge is 2.04. The van der Waals surface area contributed by atoms with Gasteiger partial charge in [-0.05, 0) is 37.2 Å². The maximum Gasteiger partial charge on any atom is 0.159 e. The Morgan fingerprint density at radius 3 is 2.10 bits per heavy atom. The third-order valence-corrected chi connectivity index (χ3v) is 5.82. The SMILES string of the molecule is CCCCCCCCc1ccc(-c2ncc(OCCCC(C)CCCC)cn2)cc1. The van der Waals surface area contributed by atoms with E-state index in [1.54, 1.807) is 12.4 Å². The molecule has 1 aromatic carbocycles. The molecular formula is C27H42N2O. The molecule has 0 radical (unpaired) electrons. The topological polar surface area (TPSA) is 35.0 Å². The van der Waals surface area contributed by atoms with Crippen LogP contribution in [-0.2, 0) is 6.42 Å². The van der Waals surface area contributed by atoms with Crippen LogP contribution in [0.2, 0.25) is 0 Å².